The number of benzene rings is 2. The molecule has 0 aliphatic rings. The summed E-state index contributed by atoms with van der Waals surface area (Å²) >= 11 is 1.34. The van der Waals surface area contributed by atoms with Gasteiger partial charge in [-0.1, -0.05) is 24.8 Å². The third kappa shape index (κ3) is 5.92. The SMILES string of the molecule is CCC(Sc1nc2cc(OC)c(OC)cc2c2nc(CCn3nc(C)cc3C)nn12)C(=O)Nc1cccc(OC)c1. The number of amides is 1. The van der Waals surface area contributed by atoms with E-state index in [1.807, 2.05) is 61.9 Å². The third-order valence-electron chi connectivity index (χ3n) is 6.69. The number of nitrogens with one attached hydrogen (secondary N) is 1. The minimum absolute atomic E-state index is 0.141. The molecule has 1 amide bonds. The molecular weight excluding hydrogens is 542 g/mol. The number of fused-ring (bicyclic) bond motifs is 3. The fraction of sp³-hybridized carbons (Fsp3) is 0.345. The largest absolute Gasteiger partial charge is 0.497 e. The van der Waals surface area contributed by atoms with E-state index in [1.54, 1.807) is 31.9 Å². The van der Waals surface area contributed by atoms with Crippen molar-refractivity contribution in [2.45, 2.75) is 50.6 Å². The highest BCUT2D eigenvalue weighted by atomic mass is 32.2. The van der Waals surface area contributed by atoms with E-state index >= 15 is 0 Å². The molecule has 0 saturated carbocycles. The van der Waals surface area contributed by atoms with Gasteiger partial charge in [0.25, 0.3) is 0 Å². The Morgan fingerprint density at radius 3 is 2.46 bits per heavy atom. The molecule has 1 unspecified atom stereocenters. The van der Waals surface area contributed by atoms with Crippen molar-refractivity contribution in [2.24, 2.45) is 0 Å². The van der Waals surface area contributed by atoms with Gasteiger partial charge in [0, 0.05) is 41.9 Å². The third-order valence-corrected chi connectivity index (χ3v) is 8.00. The molecule has 5 aromatic rings. The van der Waals surface area contributed by atoms with Crippen LogP contribution in [0.2, 0.25) is 0 Å². The van der Waals surface area contributed by atoms with Crippen LogP contribution in [-0.2, 0) is 17.8 Å². The predicted octanol–water partition coefficient (Wildman–Crippen LogP) is 4.87. The predicted molar refractivity (Wildman–Crippen MR) is 158 cm³/mol. The van der Waals surface area contributed by atoms with Gasteiger partial charge in [-0.3, -0.25) is 9.48 Å². The first kappa shape index (κ1) is 28.2. The molecule has 0 spiro atoms. The first-order valence-electron chi connectivity index (χ1n) is 13.3. The number of hydrogen-bond acceptors (Lipinski definition) is 9. The number of aromatic nitrogens is 6. The Bertz CT molecular complexity index is 1710. The maximum absolute atomic E-state index is 13.3. The highest BCUT2D eigenvalue weighted by Crippen LogP contribution is 2.35. The Kier molecular flexibility index (Phi) is 8.29. The number of thioether (sulfide) groups is 1. The molecule has 214 valence electrons. The topological polar surface area (TPSA) is 118 Å². The van der Waals surface area contributed by atoms with Gasteiger partial charge in [-0.05, 0) is 44.5 Å². The summed E-state index contributed by atoms with van der Waals surface area (Å²) in [5, 5.41) is 13.3. The van der Waals surface area contributed by atoms with Gasteiger partial charge in [-0.15, -0.1) is 5.10 Å². The Hall–Kier alpha value is -4.32. The lowest BCUT2D eigenvalue weighted by atomic mass is 10.2. The van der Waals surface area contributed by atoms with Crippen LogP contribution in [0.15, 0.2) is 47.6 Å². The second kappa shape index (κ2) is 12.0. The number of hydrogen-bond donors (Lipinski definition) is 1. The molecule has 3 heterocycles. The van der Waals surface area contributed by atoms with Gasteiger partial charge in [-0.25, -0.2) is 9.97 Å². The number of methoxy groups -OCH3 is 3. The van der Waals surface area contributed by atoms with Crippen LogP contribution in [0.25, 0.3) is 16.6 Å². The smallest absolute Gasteiger partial charge is 0.237 e. The quantitative estimate of drug-likeness (QED) is 0.174. The van der Waals surface area contributed by atoms with Crippen molar-refractivity contribution in [3.63, 3.8) is 0 Å². The lowest BCUT2D eigenvalue weighted by Gasteiger charge is -2.16. The minimum Gasteiger partial charge on any atom is -0.497 e. The summed E-state index contributed by atoms with van der Waals surface area (Å²) in [6, 6.07) is 13.0. The van der Waals surface area contributed by atoms with Crippen LogP contribution < -0.4 is 19.5 Å². The van der Waals surface area contributed by atoms with E-state index in [9.17, 15) is 4.79 Å². The fourth-order valence-corrected chi connectivity index (χ4v) is 5.58. The summed E-state index contributed by atoms with van der Waals surface area (Å²) in [5.41, 5.74) is 4.01. The van der Waals surface area contributed by atoms with Crippen LogP contribution in [0.5, 0.6) is 17.2 Å². The van der Waals surface area contributed by atoms with Gasteiger partial charge < -0.3 is 19.5 Å². The average molecular weight is 576 g/mol. The summed E-state index contributed by atoms with van der Waals surface area (Å²) in [5.74, 6) is 2.30. The average Bonchev–Trinajstić information content (AvgIpc) is 3.55. The van der Waals surface area contributed by atoms with Crippen LogP contribution in [0.3, 0.4) is 0 Å². The summed E-state index contributed by atoms with van der Waals surface area (Å²) in [7, 11) is 4.77. The number of carbonyl (C=O) groups is 1. The maximum Gasteiger partial charge on any atom is 0.237 e. The molecule has 11 nitrogen and oxygen atoms in total. The first-order chi connectivity index (χ1) is 19.8. The number of carbonyl (C=O) groups excluding carboxylic acids is 1. The highest BCUT2D eigenvalue weighted by Gasteiger charge is 2.24. The van der Waals surface area contributed by atoms with Gasteiger partial charge in [0.05, 0.1) is 37.8 Å². The van der Waals surface area contributed by atoms with E-state index in [1.165, 1.54) is 11.8 Å². The molecule has 3 aromatic heterocycles. The zero-order chi connectivity index (χ0) is 29.1. The zero-order valence-electron chi connectivity index (χ0n) is 24.0. The van der Waals surface area contributed by atoms with Gasteiger partial charge >= 0.3 is 0 Å². The zero-order valence-corrected chi connectivity index (χ0v) is 24.8. The van der Waals surface area contributed by atoms with Crippen LogP contribution in [0.1, 0.15) is 30.6 Å². The van der Waals surface area contributed by atoms with Crippen molar-refractivity contribution < 1.29 is 19.0 Å². The van der Waals surface area contributed by atoms with Gasteiger partial charge in [-0.2, -0.15) is 9.61 Å². The fourth-order valence-electron chi connectivity index (χ4n) is 4.62. The second-order valence-corrected chi connectivity index (χ2v) is 10.7. The lowest BCUT2D eigenvalue weighted by molar-refractivity contribution is -0.115. The molecule has 0 radical (unpaired) electrons. The standard InChI is InChI=1S/C29H33N7O4S/c1-7-25(28(37)30-19-9-8-10-20(14-19)38-4)41-29-31-22-16-24(40-6)23(39-5)15-21(22)27-32-26(34-36(27)29)11-12-35-18(3)13-17(2)33-35/h8-10,13-16,25H,7,11-12H2,1-6H3,(H,30,37). The minimum atomic E-state index is -0.433. The summed E-state index contributed by atoms with van der Waals surface area (Å²) in [6.45, 7) is 6.62. The molecule has 0 fully saturated rings. The van der Waals surface area contributed by atoms with Crippen molar-refractivity contribution in [1.29, 1.82) is 0 Å². The van der Waals surface area contributed by atoms with E-state index in [2.05, 4.69) is 10.4 Å². The molecule has 1 N–H and O–H groups in total. The second-order valence-electron chi connectivity index (χ2n) is 9.52. The molecule has 0 aliphatic carbocycles. The summed E-state index contributed by atoms with van der Waals surface area (Å²) < 4.78 is 20.0. The first-order valence-corrected chi connectivity index (χ1v) is 14.2. The highest BCUT2D eigenvalue weighted by molar-refractivity contribution is 8.00. The summed E-state index contributed by atoms with van der Waals surface area (Å²) in [6.07, 6.45) is 1.16. The number of aryl methyl sites for hydroxylation is 4. The lowest BCUT2D eigenvalue weighted by Crippen LogP contribution is -2.25. The van der Waals surface area contributed by atoms with Crippen molar-refractivity contribution in [2.75, 3.05) is 26.6 Å². The summed E-state index contributed by atoms with van der Waals surface area (Å²) in [4.78, 5) is 23.1. The van der Waals surface area contributed by atoms with Gasteiger partial charge in [0.2, 0.25) is 5.91 Å². The number of nitrogens with zero attached hydrogens (tertiary/aromatic N) is 6. The Morgan fingerprint density at radius 2 is 1.78 bits per heavy atom. The normalized spacial score (nSPS) is 12.0. The Morgan fingerprint density at radius 1 is 1.00 bits per heavy atom. The van der Waals surface area contributed by atoms with Gasteiger partial charge in [0.1, 0.15) is 5.75 Å². The maximum atomic E-state index is 13.3. The van der Waals surface area contributed by atoms with E-state index in [4.69, 9.17) is 29.3 Å². The molecule has 0 aliphatic heterocycles. The monoisotopic (exact) mass is 575 g/mol. The molecule has 41 heavy (non-hydrogen) atoms. The van der Waals surface area contributed by atoms with Crippen LogP contribution in [-0.4, -0.2) is 61.8 Å². The van der Waals surface area contributed by atoms with Crippen LogP contribution in [0.4, 0.5) is 5.69 Å². The van der Waals surface area contributed by atoms with E-state index in [-0.39, 0.29) is 5.91 Å². The molecule has 5 rings (SSSR count). The van der Waals surface area contributed by atoms with Crippen molar-refractivity contribution in [1.82, 2.24) is 29.4 Å². The van der Waals surface area contributed by atoms with Crippen molar-refractivity contribution in [3.8, 4) is 17.2 Å². The molecular formula is C29H33N7O4S. The number of anilines is 1. The molecule has 0 bridgehead atoms. The van der Waals surface area contributed by atoms with Crippen molar-refractivity contribution in [3.05, 3.63) is 59.7 Å². The number of ether oxygens (including phenoxy) is 3. The van der Waals surface area contributed by atoms with E-state index < -0.39 is 5.25 Å². The van der Waals surface area contributed by atoms with Crippen LogP contribution >= 0.6 is 11.8 Å². The molecule has 12 heteroatoms. The van der Waals surface area contributed by atoms with E-state index in [0.29, 0.717) is 64.5 Å². The van der Waals surface area contributed by atoms with Gasteiger partial charge in [0.15, 0.2) is 28.1 Å². The Labute approximate surface area is 242 Å². The van der Waals surface area contributed by atoms with E-state index in [0.717, 1.165) is 16.8 Å². The van der Waals surface area contributed by atoms with Crippen LogP contribution in [0, 0.1) is 13.8 Å². The molecule has 1 atom stereocenters. The molecule has 2 aromatic carbocycles. The van der Waals surface area contributed by atoms with Crippen molar-refractivity contribution >= 4 is 39.9 Å². The Balaban J connectivity index is 1.52. The number of rotatable bonds is 11. The molecule has 0 saturated heterocycles.